The largest absolute Gasteiger partial charge is 0.481 e. The number of primary amides is 1. The van der Waals surface area contributed by atoms with E-state index in [1.807, 2.05) is 0 Å². The summed E-state index contributed by atoms with van der Waals surface area (Å²) >= 11 is 0. The van der Waals surface area contributed by atoms with Crippen LogP contribution in [0.4, 0.5) is 9.59 Å². The van der Waals surface area contributed by atoms with Gasteiger partial charge in [-0.3, -0.25) is 9.59 Å². The Kier molecular flexibility index (Phi) is 11.1. The number of unbranched alkanes of at least 4 members (excludes halogenated alkanes) is 1. The average Bonchev–Trinajstić information content (AvgIpc) is 2.54. The van der Waals surface area contributed by atoms with Crippen LogP contribution in [0.3, 0.4) is 0 Å². The summed E-state index contributed by atoms with van der Waals surface area (Å²) < 4.78 is 5.07. The first-order chi connectivity index (χ1) is 13.3. The molecule has 0 bridgehead atoms. The van der Waals surface area contributed by atoms with E-state index < -0.39 is 54.6 Å². The Morgan fingerprint density at radius 2 is 1.72 bits per heavy atom. The van der Waals surface area contributed by atoms with Gasteiger partial charge in [-0.05, 0) is 40.0 Å². The van der Waals surface area contributed by atoms with Crippen molar-refractivity contribution in [1.82, 2.24) is 15.5 Å². The van der Waals surface area contributed by atoms with Crippen molar-refractivity contribution in [1.29, 1.82) is 0 Å². The highest BCUT2D eigenvalue weighted by Gasteiger charge is 2.23. The first-order valence-electron chi connectivity index (χ1n) is 9.07. The fourth-order valence-corrected chi connectivity index (χ4v) is 2.14. The number of carboxylic acid groups (broad SMARTS) is 2. The number of aliphatic carboxylic acids is 2. The molecule has 29 heavy (non-hydrogen) atoms. The Morgan fingerprint density at radius 1 is 1.10 bits per heavy atom. The molecule has 12 nitrogen and oxygen atoms in total. The number of nitrogens with zero attached hydrogens (tertiary/aromatic N) is 1. The zero-order valence-corrected chi connectivity index (χ0v) is 16.9. The first kappa shape index (κ1) is 26.0. The number of rotatable bonds is 12. The lowest BCUT2D eigenvalue weighted by atomic mass is 10.1. The zero-order chi connectivity index (χ0) is 22.6. The molecule has 0 saturated carbocycles. The van der Waals surface area contributed by atoms with Gasteiger partial charge in [0.15, 0.2) is 0 Å². The van der Waals surface area contributed by atoms with Crippen molar-refractivity contribution in [3.05, 3.63) is 0 Å². The van der Waals surface area contributed by atoms with E-state index in [4.69, 9.17) is 20.7 Å². The second-order valence-electron chi connectivity index (χ2n) is 7.29. The van der Waals surface area contributed by atoms with Gasteiger partial charge in [-0.25, -0.2) is 14.4 Å². The lowest BCUT2D eigenvalue weighted by Gasteiger charge is -2.22. The molecule has 0 spiro atoms. The summed E-state index contributed by atoms with van der Waals surface area (Å²) in [4.78, 5) is 57.6. The van der Waals surface area contributed by atoms with Crippen molar-refractivity contribution in [2.45, 2.75) is 58.1 Å². The molecule has 166 valence electrons. The summed E-state index contributed by atoms with van der Waals surface area (Å²) in [5.74, 6) is -3.34. The normalized spacial score (nSPS) is 11.8. The summed E-state index contributed by atoms with van der Waals surface area (Å²) in [5, 5.41) is 22.4. The molecule has 0 rings (SSSR count). The van der Waals surface area contributed by atoms with Crippen molar-refractivity contribution >= 4 is 30.0 Å². The van der Waals surface area contributed by atoms with Crippen LogP contribution in [0, 0.1) is 0 Å². The van der Waals surface area contributed by atoms with E-state index >= 15 is 0 Å². The lowest BCUT2D eigenvalue weighted by molar-refractivity contribution is -0.143. The number of nitrogens with one attached hydrogen (secondary N) is 2. The Labute approximate surface area is 168 Å². The van der Waals surface area contributed by atoms with Crippen LogP contribution in [0.25, 0.3) is 0 Å². The molecule has 0 fully saturated rings. The van der Waals surface area contributed by atoms with Crippen LogP contribution >= 0.6 is 0 Å². The van der Waals surface area contributed by atoms with Crippen LogP contribution in [0.15, 0.2) is 0 Å². The summed E-state index contributed by atoms with van der Waals surface area (Å²) in [6, 6.07) is -2.25. The predicted molar refractivity (Wildman–Crippen MR) is 101 cm³/mol. The second-order valence-corrected chi connectivity index (χ2v) is 7.29. The highest BCUT2D eigenvalue weighted by atomic mass is 16.6. The van der Waals surface area contributed by atoms with Crippen LogP contribution in [0.1, 0.15) is 46.5 Å². The number of carbonyl (C=O) groups is 5. The minimum absolute atomic E-state index is 0.117. The van der Waals surface area contributed by atoms with Gasteiger partial charge in [0.1, 0.15) is 18.2 Å². The van der Waals surface area contributed by atoms with Gasteiger partial charge in [0.05, 0.1) is 0 Å². The molecule has 6 N–H and O–H groups in total. The molecule has 0 aromatic rings. The Hall–Kier alpha value is -3.05. The van der Waals surface area contributed by atoms with Gasteiger partial charge in [0.25, 0.3) is 0 Å². The monoisotopic (exact) mass is 418 g/mol. The molecule has 0 heterocycles. The number of ether oxygens (including phenoxy) is 1. The van der Waals surface area contributed by atoms with Crippen LogP contribution in [-0.2, 0) is 19.1 Å². The van der Waals surface area contributed by atoms with Crippen LogP contribution in [-0.4, -0.2) is 76.4 Å². The molecular weight excluding hydrogens is 388 g/mol. The standard InChI is InChI=1S/C17H30N4O8/c1-17(2,3)29-16(28)19-8-4-5-9-21(15(18)27)10-12(22)20-11(14(25)26)6-7-13(23)24/h11H,4-10H2,1-3H3,(H2,18,27)(H,19,28)(H,20,22)(H,23,24)(H,25,26). The third-order valence-electron chi connectivity index (χ3n) is 3.45. The molecular formula is C17H30N4O8. The maximum Gasteiger partial charge on any atom is 0.407 e. The molecule has 12 heteroatoms. The van der Waals surface area contributed by atoms with Gasteiger partial charge in [0.2, 0.25) is 5.91 Å². The van der Waals surface area contributed by atoms with Crippen LogP contribution < -0.4 is 16.4 Å². The van der Waals surface area contributed by atoms with Gasteiger partial charge in [-0.2, -0.15) is 0 Å². The van der Waals surface area contributed by atoms with E-state index in [1.54, 1.807) is 20.8 Å². The second kappa shape index (κ2) is 12.4. The molecule has 0 aromatic heterocycles. The van der Waals surface area contributed by atoms with Crippen molar-refractivity contribution in [3.8, 4) is 0 Å². The highest BCUT2D eigenvalue weighted by molar-refractivity contribution is 5.87. The predicted octanol–water partition coefficient (Wildman–Crippen LogP) is 0.106. The smallest absolute Gasteiger partial charge is 0.407 e. The summed E-state index contributed by atoms with van der Waals surface area (Å²) in [7, 11) is 0. The number of carbonyl (C=O) groups excluding carboxylic acids is 3. The number of urea groups is 1. The number of carboxylic acids is 2. The number of hydrogen-bond donors (Lipinski definition) is 5. The van der Waals surface area contributed by atoms with Gasteiger partial charge >= 0.3 is 24.1 Å². The first-order valence-corrected chi connectivity index (χ1v) is 9.07. The van der Waals surface area contributed by atoms with Gasteiger partial charge < -0.3 is 36.2 Å². The maximum absolute atomic E-state index is 12.0. The summed E-state index contributed by atoms with van der Waals surface area (Å²) in [6.07, 6.45) is -0.371. The van der Waals surface area contributed by atoms with E-state index in [-0.39, 0.29) is 13.0 Å². The number of alkyl carbamates (subject to hydrolysis) is 1. The van der Waals surface area contributed by atoms with Gasteiger partial charge in [-0.15, -0.1) is 0 Å². The quantitative estimate of drug-likeness (QED) is 0.276. The SMILES string of the molecule is CC(C)(C)OC(=O)NCCCCN(CC(=O)NC(CCC(=O)O)C(=O)O)C(N)=O. The molecule has 0 aliphatic heterocycles. The van der Waals surface area contributed by atoms with Crippen molar-refractivity contribution in [2.24, 2.45) is 5.73 Å². The minimum Gasteiger partial charge on any atom is -0.481 e. The van der Waals surface area contributed by atoms with Crippen molar-refractivity contribution < 1.29 is 38.9 Å². The topological polar surface area (TPSA) is 188 Å². The molecule has 0 aromatic carbocycles. The van der Waals surface area contributed by atoms with Crippen molar-refractivity contribution in [2.75, 3.05) is 19.6 Å². The molecule has 0 radical (unpaired) electrons. The Morgan fingerprint density at radius 3 is 2.21 bits per heavy atom. The Balaban J connectivity index is 4.38. The third-order valence-corrected chi connectivity index (χ3v) is 3.45. The third kappa shape index (κ3) is 13.7. The lowest BCUT2D eigenvalue weighted by Crippen LogP contribution is -2.48. The molecule has 0 aliphatic rings. The van der Waals surface area contributed by atoms with Gasteiger partial charge in [0, 0.05) is 19.5 Å². The highest BCUT2D eigenvalue weighted by Crippen LogP contribution is 2.06. The van der Waals surface area contributed by atoms with E-state index in [1.165, 1.54) is 0 Å². The van der Waals surface area contributed by atoms with Crippen LogP contribution in [0.5, 0.6) is 0 Å². The molecule has 4 amide bonds. The molecule has 1 unspecified atom stereocenters. The fraction of sp³-hybridized carbons (Fsp3) is 0.706. The van der Waals surface area contributed by atoms with Crippen LogP contribution in [0.2, 0.25) is 0 Å². The summed E-state index contributed by atoms with van der Waals surface area (Å²) in [5.41, 5.74) is 4.62. The molecule has 0 aliphatic carbocycles. The number of hydrogen-bond acceptors (Lipinski definition) is 6. The average molecular weight is 418 g/mol. The van der Waals surface area contributed by atoms with E-state index in [0.29, 0.717) is 19.4 Å². The fourth-order valence-electron chi connectivity index (χ4n) is 2.14. The zero-order valence-electron chi connectivity index (χ0n) is 16.9. The number of amides is 4. The van der Waals surface area contributed by atoms with E-state index in [9.17, 15) is 24.0 Å². The molecule has 1 atom stereocenters. The summed E-state index contributed by atoms with van der Waals surface area (Å²) in [6.45, 7) is 5.15. The minimum atomic E-state index is -1.38. The van der Waals surface area contributed by atoms with E-state index in [0.717, 1.165) is 4.90 Å². The number of nitrogens with two attached hydrogens (primary N) is 1. The van der Waals surface area contributed by atoms with E-state index in [2.05, 4.69) is 10.6 Å². The Bertz CT molecular complexity index is 603. The van der Waals surface area contributed by atoms with Gasteiger partial charge in [-0.1, -0.05) is 0 Å². The maximum atomic E-state index is 12.0. The molecule has 0 saturated heterocycles. The van der Waals surface area contributed by atoms with Crippen molar-refractivity contribution in [3.63, 3.8) is 0 Å².